The van der Waals surface area contributed by atoms with E-state index in [1.807, 2.05) is 52.0 Å². The van der Waals surface area contributed by atoms with E-state index in [0.29, 0.717) is 11.3 Å². The van der Waals surface area contributed by atoms with Crippen molar-refractivity contribution in [3.63, 3.8) is 0 Å². The molecule has 1 aromatic carbocycles. The third-order valence-electron chi connectivity index (χ3n) is 3.60. The van der Waals surface area contributed by atoms with Gasteiger partial charge in [-0.3, -0.25) is 9.69 Å². The normalized spacial score (nSPS) is 12.0. The molecule has 112 valence electrons. The van der Waals surface area contributed by atoms with Crippen LogP contribution >= 0.6 is 0 Å². The number of nitrogens with zero attached hydrogens (tertiary/aromatic N) is 1. The molecule has 0 spiro atoms. The van der Waals surface area contributed by atoms with Crippen molar-refractivity contribution in [1.29, 1.82) is 0 Å². The summed E-state index contributed by atoms with van der Waals surface area (Å²) >= 11 is 0. The molecule has 0 aliphatic heterocycles. The summed E-state index contributed by atoms with van der Waals surface area (Å²) < 4.78 is 5.77. The average molecular weight is 277 g/mol. The van der Waals surface area contributed by atoms with Gasteiger partial charge in [0.05, 0.1) is 17.2 Å². The maximum Gasteiger partial charge on any atom is 0.186 e. The second-order valence-electron chi connectivity index (χ2n) is 5.72. The molecule has 0 unspecified atom stereocenters. The summed E-state index contributed by atoms with van der Waals surface area (Å²) in [6.45, 7) is 13.8. The number of hydrogen-bond acceptors (Lipinski definition) is 3. The summed E-state index contributed by atoms with van der Waals surface area (Å²) in [5, 5.41) is 0. The first-order valence-corrected chi connectivity index (χ1v) is 7.40. The Morgan fingerprint density at radius 3 is 2.25 bits per heavy atom. The van der Waals surface area contributed by atoms with Crippen molar-refractivity contribution < 1.29 is 9.53 Å². The highest BCUT2D eigenvalue weighted by Gasteiger charge is 2.34. The lowest BCUT2D eigenvalue weighted by molar-refractivity contribution is 0.0663. The van der Waals surface area contributed by atoms with Gasteiger partial charge >= 0.3 is 0 Å². The fourth-order valence-electron chi connectivity index (χ4n) is 2.50. The second-order valence-corrected chi connectivity index (χ2v) is 5.72. The molecular weight excluding hydrogens is 250 g/mol. The number of carbonyl (C=O) groups excluding carboxylic acids is 1. The van der Waals surface area contributed by atoms with Gasteiger partial charge in [0.1, 0.15) is 5.75 Å². The maximum atomic E-state index is 12.9. The third-order valence-corrected chi connectivity index (χ3v) is 3.60. The molecule has 20 heavy (non-hydrogen) atoms. The molecular formula is C17H27NO2. The largest absolute Gasteiger partial charge is 0.490 e. The Morgan fingerprint density at radius 1 is 1.20 bits per heavy atom. The van der Waals surface area contributed by atoms with Crippen molar-refractivity contribution in [2.24, 2.45) is 0 Å². The Kier molecular flexibility index (Phi) is 5.75. The van der Waals surface area contributed by atoms with Gasteiger partial charge in [-0.25, -0.2) is 0 Å². The van der Waals surface area contributed by atoms with Crippen LogP contribution in [0.4, 0.5) is 0 Å². The predicted molar refractivity (Wildman–Crippen MR) is 83.5 cm³/mol. The van der Waals surface area contributed by atoms with Crippen LogP contribution in [0.5, 0.6) is 5.75 Å². The van der Waals surface area contributed by atoms with Crippen molar-refractivity contribution in [3.8, 4) is 5.75 Å². The van der Waals surface area contributed by atoms with Crippen LogP contribution in [-0.4, -0.2) is 35.4 Å². The first-order chi connectivity index (χ1) is 9.34. The van der Waals surface area contributed by atoms with Crippen molar-refractivity contribution >= 4 is 5.78 Å². The molecule has 0 N–H and O–H groups in total. The van der Waals surface area contributed by atoms with Crippen LogP contribution in [0.2, 0.25) is 0 Å². The fourth-order valence-corrected chi connectivity index (χ4v) is 2.50. The molecule has 0 fully saturated rings. The van der Waals surface area contributed by atoms with Gasteiger partial charge in [-0.05, 0) is 52.9 Å². The Labute approximate surface area is 122 Å². The number of rotatable bonds is 7. The molecule has 0 radical (unpaired) electrons. The average Bonchev–Trinajstić information content (AvgIpc) is 2.39. The van der Waals surface area contributed by atoms with E-state index in [-0.39, 0.29) is 11.9 Å². The van der Waals surface area contributed by atoms with Crippen molar-refractivity contribution in [2.45, 2.75) is 53.2 Å². The molecule has 0 saturated heterocycles. The van der Waals surface area contributed by atoms with Gasteiger partial charge in [0.15, 0.2) is 5.78 Å². The molecule has 3 heteroatoms. The SMILES string of the molecule is CCN(CC)C(C)(C)C(=O)c1ccccc1OC(C)C. The van der Waals surface area contributed by atoms with E-state index < -0.39 is 5.54 Å². The number of carbonyl (C=O) groups is 1. The summed E-state index contributed by atoms with van der Waals surface area (Å²) in [7, 11) is 0. The number of para-hydroxylation sites is 1. The summed E-state index contributed by atoms with van der Waals surface area (Å²) in [6.07, 6.45) is 0.0560. The summed E-state index contributed by atoms with van der Waals surface area (Å²) in [6, 6.07) is 7.51. The first kappa shape index (κ1) is 16.7. The van der Waals surface area contributed by atoms with Crippen LogP contribution in [0, 0.1) is 0 Å². The van der Waals surface area contributed by atoms with E-state index in [9.17, 15) is 4.79 Å². The highest BCUT2D eigenvalue weighted by Crippen LogP contribution is 2.27. The van der Waals surface area contributed by atoms with Gasteiger partial charge in [0.25, 0.3) is 0 Å². The lowest BCUT2D eigenvalue weighted by Gasteiger charge is -2.36. The number of ether oxygens (including phenoxy) is 1. The molecule has 0 atom stereocenters. The van der Waals surface area contributed by atoms with Crippen molar-refractivity contribution in [2.75, 3.05) is 13.1 Å². The van der Waals surface area contributed by atoms with E-state index in [2.05, 4.69) is 18.7 Å². The topological polar surface area (TPSA) is 29.5 Å². The molecule has 0 aliphatic rings. The van der Waals surface area contributed by atoms with E-state index in [1.165, 1.54) is 0 Å². The monoisotopic (exact) mass is 277 g/mol. The fraction of sp³-hybridized carbons (Fsp3) is 0.588. The van der Waals surface area contributed by atoms with Crippen molar-refractivity contribution in [3.05, 3.63) is 29.8 Å². The molecule has 1 aromatic rings. The Bertz CT molecular complexity index is 448. The predicted octanol–water partition coefficient (Wildman–Crippen LogP) is 3.78. The minimum absolute atomic E-state index is 0.0560. The zero-order valence-corrected chi connectivity index (χ0v) is 13.6. The lowest BCUT2D eigenvalue weighted by atomic mass is 9.90. The van der Waals surface area contributed by atoms with E-state index in [4.69, 9.17) is 4.74 Å². The number of hydrogen-bond donors (Lipinski definition) is 0. The number of benzene rings is 1. The lowest BCUT2D eigenvalue weighted by Crippen LogP contribution is -2.50. The number of likely N-dealkylation sites (N-methyl/N-ethyl adjacent to an activating group) is 1. The third kappa shape index (κ3) is 3.60. The van der Waals surface area contributed by atoms with Gasteiger partial charge < -0.3 is 4.74 Å². The van der Waals surface area contributed by atoms with Crippen LogP contribution in [0.1, 0.15) is 51.9 Å². The van der Waals surface area contributed by atoms with Crippen LogP contribution in [0.3, 0.4) is 0 Å². The smallest absolute Gasteiger partial charge is 0.186 e. The Balaban J connectivity index is 3.14. The summed E-state index contributed by atoms with van der Waals surface area (Å²) in [5.41, 5.74) is 0.137. The number of Topliss-reactive ketones (excluding diaryl/α,β-unsaturated/α-hetero) is 1. The van der Waals surface area contributed by atoms with E-state index in [1.54, 1.807) is 0 Å². The summed E-state index contributed by atoms with van der Waals surface area (Å²) in [5.74, 6) is 0.783. The second kappa shape index (κ2) is 6.89. The van der Waals surface area contributed by atoms with Crippen LogP contribution in [0.25, 0.3) is 0 Å². The number of ketones is 1. The molecule has 1 rings (SSSR count). The minimum Gasteiger partial charge on any atom is -0.490 e. The zero-order valence-electron chi connectivity index (χ0n) is 13.6. The van der Waals surface area contributed by atoms with Crippen LogP contribution in [0.15, 0.2) is 24.3 Å². The van der Waals surface area contributed by atoms with E-state index in [0.717, 1.165) is 13.1 Å². The maximum absolute atomic E-state index is 12.9. The Morgan fingerprint density at radius 2 is 1.75 bits per heavy atom. The summed E-state index contributed by atoms with van der Waals surface area (Å²) in [4.78, 5) is 15.1. The first-order valence-electron chi connectivity index (χ1n) is 7.40. The van der Waals surface area contributed by atoms with Crippen LogP contribution in [-0.2, 0) is 0 Å². The standard InChI is InChI=1S/C17H27NO2/c1-7-18(8-2)17(5,6)16(19)14-11-9-10-12-15(14)20-13(3)4/h9-13H,7-8H2,1-6H3. The molecule has 0 aromatic heterocycles. The molecule has 0 bridgehead atoms. The van der Waals surface area contributed by atoms with Gasteiger partial charge in [-0.15, -0.1) is 0 Å². The molecule has 0 saturated carbocycles. The Hall–Kier alpha value is -1.35. The van der Waals surface area contributed by atoms with Crippen LogP contribution < -0.4 is 4.74 Å². The highest BCUT2D eigenvalue weighted by molar-refractivity contribution is 6.04. The molecule has 0 heterocycles. The molecule has 0 aliphatic carbocycles. The molecule has 3 nitrogen and oxygen atoms in total. The van der Waals surface area contributed by atoms with Crippen molar-refractivity contribution in [1.82, 2.24) is 4.90 Å². The van der Waals surface area contributed by atoms with Gasteiger partial charge in [-0.1, -0.05) is 26.0 Å². The minimum atomic E-state index is -0.528. The van der Waals surface area contributed by atoms with Gasteiger partial charge in [0, 0.05) is 0 Å². The van der Waals surface area contributed by atoms with Gasteiger partial charge in [0.2, 0.25) is 0 Å². The molecule has 0 amide bonds. The zero-order chi connectivity index (χ0) is 15.3. The quantitative estimate of drug-likeness (QED) is 0.710. The van der Waals surface area contributed by atoms with Gasteiger partial charge in [-0.2, -0.15) is 0 Å². The van der Waals surface area contributed by atoms with E-state index >= 15 is 0 Å². The highest BCUT2D eigenvalue weighted by atomic mass is 16.5.